The highest BCUT2D eigenvalue weighted by atomic mass is 79.9. The zero-order valence-corrected chi connectivity index (χ0v) is 13.4. The van der Waals surface area contributed by atoms with Crippen molar-refractivity contribution in [3.63, 3.8) is 0 Å². The molecule has 0 spiro atoms. The van der Waals surface area contributed by atoms with E-state index in [9.17, 15) is 4.39 Å². The number of halogens is 2. The van der Waals surface area contributed by atoms with E-state index in [2.05, 4.69) is 40.2 Å². The van der Waals surface area contributed by atoms with Gasteiger partial charge in [-0.05, 0) is 70.3 Å². The molecule has 1 aliphatic carbocycles. The molecule has 0 aliphatic heterocycles. The smallest absolute Gasteiger partial charge is 0.137 e. The maximum atomic E-state index is 13.6. The van der Waals surface area contributed by atoms with Crippen LogP contribution in [0.5, 0.6) is 0 Å². The minimum absolute atomic E-state index is 0.0181. The van der Waals surface area contributed by atoms with E-state index in [0.717, 1.165) is 18.4 Å². The van der Waals surface area contributed by atoms with Crippen LogP contribution in [0.25, 0.3) is 0 Å². The van der Waals surface area contributed by atoms with Gasteiger partial charge in [-0.1, -0.05) is 36.4 Å². The van der Waals surface area contributed by atoms with Crippen LogP contribution >= 0.6 is 15.9 Å². The highest BCUT2D eigenvalue weighted by molar-refractivity contribution is 9.10. The van der Waals surface area contributed by atoms with E-state index >= 15 is 0 Å². The van der Waals surface area contributed by atoms with E-state index in [1.165, 1.54) is 23.6 Å². The predicted molar refractivity (Wildman–Crippen MR) is 87.9 cm³/mol. The van der Waals surface area contributed by atoms with E-state index in [0.29, 0.717) is 16.8 Å². The van der Waals surface area contributed by atoms with Gasteiger partial charge >= 0.3 is 0 Å². The summed E-state index contributed by atoms with van der Waals surface area (Å²) >= 11 is 3.33. The summed E-state index contributed by atoms with van der Waals surface area (Å²) in [7, 11) is 0. The molecule has 0 fully saturated rings. The number of rotatable bonds is 3. The first-order valence-electron chi connectivity index (χ1n) is 7.43. The normalized spacial score (nSPS) is 19.1. The number of hydrogen-bond acceptors (Lipinski definition) is 1. The van der Waals surface area contributed by atoms with Crippen molar-refractivity contribution in [2.75, 3.05) is 0 Å². The van der Waals surface area contributed by atoms with Crippen molar-refractivity contribution < 1.29 is 4.39 Å². The predicted octanol–water partition coefficient (Wildman–Crippen LogP) is 4.58. The molecular weight excluding hydrogens is 329 g/mol. The van der Waals surface area contributed by atoms with Gasteiger partial charge in [-0.2, -0.15) is 0 Å². The van der Waals surface area contributed by atoms with Gasteiger partial charge in [-0.3, -0.25) is 0 Å². The van der Waals surface area contributed by atoms with E-state index in [1.807, 2.05) is 6.07 Å². The lowest BCUT2D eigenvalue weighted by Crippen LogP contribution is -2.33. The maximum absolute atomic E-state index is 13.6. The van der Waals surface area contributed by atoms with Gasteiger partial charge in [0, 0.05) is 6.04 Å². The molecule has 2 aromatic rings. The Morgan fingerprint density at radius 3 is 2.86 bits per heavy atom. The van der Waals surface area contributed by atoms with Crippen LogP contribution in [0.15, 0.2) is 46.9 Å². The van der Waals surface area contributed by atoms with Gasteiger partial charge in [-0.25, -0.2) is 4.39 Å². The molecule has 21 heavy (non-hydrogen) atoms. The molecule has 2 unspecified atom stereocenters. The number of nitrogens with two attached hydrogens (primary N) is 1. The maximum Gasteiger partial charge on any atom is 0.137 e. The van der Waals surface area contributed by atoms with Gasteiger partial charge in [0.1, 0.15) is 5.82 Å². The molecule has 0 aromatic heterocycles. The lowest BCUT2D eigenvalue weighted by molar-refractivity contribution is 0.459. The Bertz CT molecular complexity index is 641. The second-order valence-corrected chi connectivity index (χ2v) is 6.57. The Kier molecular flexibility index (Phi) is 4.41. The third-order valence-electron chi connectivity index (χ3n) is 4.42. The van der Waals surface area contributed by atoms with Crippen LogP contribution in [-0.2, 0) is 12.8 Å². The molecule has 2 atom stereocenters. The standard InChI is InChI=1S/C18H19BrFN/c19-18-13(7-4-10-16(18)20)11-17(21)15-9-3-6-12-5-1-2-8-14(12)15/h1-2,4-5,7-8,10,15,17H,3,6,9,11,21H2. The van der Waals surface area contributed by atoms with Crippen LogP contribution in [0.4, 0.5) is 4.39 Å². The molecule has 2 N–H and O–H groups in total. The first-order chi connectivity index (χ1) is 10.2. The van der Waals surface area contributed by atoms with Crippen molar-refractivity contribution in [3.05, 3.63) is 69.4 Å². The summed E-state index contributed by atoms with van der Waals surface area (Å²) in [5.74, 6) is 0.147. The van der Waals surface area contributed by atoms with Crippen molar-refractivity contribution in [1.29, 1.82) is 0 Å². The first-order valence-corrected chi connectivity index (χ1v) is 8.22. The molecule has 3 rings (SSSR count). The SMILES string of the molecule is NC(Cc1cccc(F)c1Br)C1CCCc2ccccc21. The topological polar surface area (TPSA) is 26.0 Å². The van der Waals surface area contributed by atoms with Crippen molar-refractivity contribution in [2.24, 2.45) is 5.73 Å². The molecule has 2 aromatic carbocycles. The van der Waals surface area contributed by atoms with E-state index < -0.39 is 0 Å². The summed E-state index contributed by atoms with van der Waals surface area (Å²) in [6.07, 6.45) is 4.13. The fourth-order valence-corrected chi connectivity index (χ4v) is 3.76. The summed E-state index contributed by atoms with van der Waals surface area (Å²) in [6, 6.07) is 13.8. The summed E-state index contributed by atoms with van der Waals surface area (Å²) in [4.78, 5) is 0. The third-order valence-corrected chi connectivity index (χ3v) is 5.31. The second-order valence-electron chi connectivity index (χ2n) is 5.78. The molecular formula is C18H19BrFN. The van der Waals surface area contributed by atoms with Crippen LogP contribution in [0.1, 0.15) is 35.4 Å². The number of hydrogen-bond donors (Lipinski definition) is 1. The van der Waals surface area contributed by atoms with Gasteiger partial charge in [-0.15, -0.1) is 0 Å². The van der Waals surface area contributed by atoms with E-state index in [4.69, 9.17) is 5.73 Å². The van der Waals surface area contributed by atoms with Crippen LogP contribution in [0.3, 0.4) is 0 Å². The molecule has 0 heterocycles. The first kappa shape index (κ1) is 14.7. The van der Waals surface area contributed by atoms with Crippen molar-refractivity contribution in [3.8, 4) is 0 Å². The van der Waals surface area contributed by atoms with E-state index in [1.54, 1.807) is 6.07 Å². The van der Waals surface area contributed by atoms with Crippen molar-refractivity contribution >= 4 is 15.9 Å². The van der Waals surface area contributed by atoms with Crippen molar-refractivity contribution in [1.82, 2.24) is 0 Å². The zero-order chi connectivity index (χ0) is 14.8. The summed E-state index contributed by atoms with van der Waals surface area (Å²) < 4.78 is 14.2. The van der Waals surface area contributed by atoms with Crippen LogP contribution in [0.2, 0.25) is 0 Å². The molecule has 0 radical (unpaired) electrons. The molecule has 0 saturated heterocycles. The number of benzene rings is 2. The molecule has 1 aliphatic rings. The van der Waals surface area contributed by atoms with Crippen LogP contribution in [0, 0.1) is 5.82 Å². The van der Waals surface area contributed by atoms with Gasteiger partial charge in [0.05, 0.1) is 4.47 Å². The average Bonchev–Trinajstić information content (AvgIpc) is 2.51. The molecule has 110 valence electrons. The minimum atomic E-state index is -0.219. The zero-order valence-electron chi connectivity index (χ0n) is 11.9. The summed E-state index contributed by atoms with van der Waals surface area (Å²) in [6.45, 7) is 0. The largest absolute Gasteiger partial charge is 0.327 e. The fourth-order valence-electron chi connectivity index (χ4n) is 3.34. The van der Waals surface area contributed by atoms with Crippen molar-refractivity contribution in [2.45, 2.75) is 37.6 Å². The Labute approximate surface area is 133 Å². The summed E-state index contributed by atoms with van der Waals surface area (Å²) in [5, 5.41) is 0. The quantitative estimate of drug-likeness (QED) is 0.863. The lowest BCUT2D eigenvalue weighted by atomic mass is 9.77. The Balaban J connectivity index is 1.83. The highest BCUT2D eigenvalue weighted by Gasteiger charge is 2.26. The monoisotopic (exact) mass is 347 g/mol. The van der Waals surface area contributed by atoms with Gasteiger partial charge in [0.15, 0.2) is 0 Å². The molecule has 0 bridgehead atoms. The second kappa shape index (κ2) is 6.29. The van der Waals surface area contributed by atoms with Crippen LogP contribution < -0.4 is 5.73 Å². The van der Waals surface area contributed by atoms with Gasteiger partial charge < -0.3 is 5.73 Å². The van der Waals surface area contributed by atoms with Crippen LogP contribution in [-0.4, -0.2) is 6.04 Å². The molecule has 0 saturated carbocycles. The molecule has 3 heteroatoms. The fraction of sp³-hybridized carbons (Fsp3) is 0.333. The number of fused-ring (bicyclic) bond motifs is 1. The minimum Gasteiger partial charge on any atom is -0.327 e. The van der Waals surface area contributed by atoms with E-state index in [-0.39, 0.29) is 11.9 Å². The molecule has 0 amide bonds. The average molecular weight is 348 g/mol. The summed E-state index contributed by atoms with van der Waals surface area (Å²) in [5.41, 5.74) is 10.2. The Morgan fingerprint density at radius 2 is 2.00 bits per heavy atom. The Morgan fingerprint density at radius 1 is 1.19 bits per heavy atom. The Hall–Kier alpha value is -1.19. The molecule has 1 nitrogen and oxygen atoms in total. The highest BCUT2D eigenvalue weighted by Crippen LogP contribution is 2.35. The van der Waals surface area contributed by atoms with Gasteiger partial charge in [0.25, 0.3) is 0 Å². The third kappa shape index (κ3) is 3.04. The lowest BCUT2D eigenvalue weighted by Gasteiger charge is -2.30. The number of aryl methyl sites for hydroxylation is 1. The van der Waals surface area contributed by atoms with Gasteiger partial charge in [0.2, 0.25) is 0 Å².